The fourth-order valence-corrected chi connectivity index (χ4v) is 3.41. The molecular weight excluding hydrogens is 290 g/mol. The Kier molecular flexibility index (Phi) is 4.96. The lowest BCUT2D eigenvalue weighted by Gasteiger charge is -2.30. The zero-order chi connectivity index (χ0) is 16.2. The molecule has 5 nitrogen and oxygen atoms in total. The average molecular weight is 315 g/mol. The van der Waals surface area contributed by atoms with Gasteiger partial charge in [-0.3, -0.25) is 9.59 Å². The van der Waals surface area contributed by atoms with Crippen LogP contribution in [0.2, 0.25) is 0 Å². The second kappa shape index (κ2) is 7.13. The Balaban J connectivity index is 1.50. The minimum absolute atomic E-state index is 0.0317. The molecule has 2 aliphatic heterocycles. The Morgan fingerprint density at radius 1 is 1.35 bits per heavy atom. The van der Waals surface area contributed by atoms with Gasteiger partial charge < -0.3 is 16.0 Å². The molecule has 1 saturated heterocycles. The van der Waals surface area contributed by atoms with Gasteiger partial charge in [-0.05, 0) is 43.4 Å². The summed E-state index contributed by atoms with van der Waals surface area (Å²) < 4.78 is 0. The minimum Gasteiger partial charge on any atom is -0.352 e. The average Bonchev–Trinajstić information content (AvgIpc) is 2.55. The predicted octanol–water partition coefficient (Wildman–Crippen LogP) is 1.69. The summed E-state index contributed by atoms with van der Waals surface area (Å²) in [6.07, 6.45) is 2.81. The summed E-state index contributed by atoms with van der Waals surface area (Å²) in [5.74, 6) is 0.476. The lowest BCUT2D eigenvalue weighted by Crippen LogP contribution is -2.50. The van der Waals surface area contributed by atoms with E-state index < -0.39 is 0 Å². The van der Waals surface area contributed by atoms with E-state index in [-0.39, 0.29) is 23.8 Å². The monoisotopic (exact) mass is 315 g/mol. The van der Waals surface area contributed by atoms with Crippen LogP contribution in [0.3, 0.4) is 0 Å². The Morgan fingerprint density at radius 2 is 2.17 bits per heavy atom. The molecule has 3 atom stereocenters. The van der Waals surface area contributed by atoms with Crippen molar-refractivity contribution in [3.63, 3.8) is 0 Å². The Bertz CT molecular complexity index is 587. The molecule has 0 aromatic heterocycles. The highest BCUT2D eigenvalue weighted by Gasteiger charge is 2.27. The number of benzene rings is 1. The zero-order valence-electron chi connectivity index (χ0n) is 13.6. The Morgan fingerprint density at radius 3 is 3.00 bits per heavy atom. The molecule has 2 amide bonds. The number of para-hydroxylation sites is 1. The molecule has 0 aliphatic carbocycles. The molecule has 3 N–H and O–H groups in total. The van der Waals surface area contributed by atoms with E-state index in [1.54, 1.807) is 0 Å². The zero-order valence-corrected chi connectivity index (χ0v) is 13.6. The summed E-state index contributed by atoms with van der Waals surface area (Å²) in [4.78, 5) is 24.3. The Hall–Kier alpha value is -1.88. The van der Waals surface area contributed by atoms with Crippen molar-refractivity contribution >= 4 is 17.5 Å². The molecule has 2 heterocycles. The molecule has 2 aliphatic rings. The van der Waals surface area contributed by atoms with E-state index in [1.165, 1.54) is 0 Å². The number of carbonyl (C=O) groups is 2. The summed E-state index contributed by atoms with van der Waals surface area (Å²) in [5, 5.41) is 9.37. The molecular formula is C18H25N3O2. The van der Waals surface area contributed by atoms with Gasteiger partial charge in [0.15, 0.2) is 0 Å². The lowest BCUT2D eigenvalue weighted by molar-refractivity contribution is -0.123. The van der Waals surface area contributed by atoms with Crippen LogP contribution in [-0.4, -0.2) is 30.9 Å². The van der Waals surface area contributed by atoms with Crippen LogP contribution in [0.15, 0.2) is 24.3 Å². The lowest BCUT2D eigenvalue weighted by atomic mass is 9.89. The first kappa shape index (κ1) is 16.0. The quantitative estimate of drug-likeness (QED) is 0.792. The highest BCUT2D eigenvalue weighted by molar-refractivity contribution is 5.96. The van der Waals surface area contributed by atoms with E-state index >= 15 is 0 Å². The summed E-state index contributed by atoms with van der Waals surface area (Å²) in [7, 11) is 0. The highest BCUT2D eigenvalue weighted by atomic mass is 16.2. The first-order valence-corrected chi connectivity index (χ1v) is 8.52. The summed E-state index contributed by atoms with van der Waals surface area (Å²) >= 11 is 0. The smallest absolute Gasteiger partial charge is 0.227 e. The number of nitrogens with one attached hydrogen (secondary N) is 3. The molecule has 1 fully saturated rings. The molecule has 3 rings (SSSR count). The van der Waals surface area contributed by atoms with Crippen molar-refractivity contribution in [2.24, 2.45) is 11.8 Å². The number of fused-ring (bicyclic) bond motifs is 1. The van der Waals surface area contributed by atoms with Crippen LogP contribution in [0.25, 0.3) is 0 Å². The number of rotatable bonds is 4. The van der Waals surface area contributed by atoms with E-state index in [0.29, 0.717) is 18.8 Å². The largest absolute Gasteiger partial charge is 0.352 e. The van der Waals surface area contributed by atoms with Gasteiger partial charge in [0.25, 0.3) is 0 Å². The first-order chi connectivity index (χ1) is 11.1. The van der Waals surface area contributed by atoms with Crippen molar-refractivity contribution in [2.45, 2.75) is 38.6 Å². The molecule has 1 aromatic rings. The van der Waals surface area contributed by atoms with Crippen molar-refractivity contribution in [3.05, 3.63) is 29.8 Å². The van der Waals surface area contributed by atoms with E-state index in [2.05, 4.69) is 22.9 Å². The van der Waals surface area contributed by atoms with Crippen molar-refractivity contribution in [3.8, 4) is 0 Å². The van der Waals surface area contributed by atoms with Crippen LogP contribution < -0.4 is 16.0 Å². The topological polar surface area (TPSA) is 70.2 Å². The number of hydrogen-bond donors (Lipinski definition) is 3. The fourth-order valence-electron chi connectivity index (χ4n) is 3.41. The van der Waals surface area contributed by atoms with Crippen molar-refractivity contribution < 1.29 is 9.59 Å². The van der Waals surface area contributed by atoms with Crippen molar-refractivity contribution in [2.75, 3.05) is 18.4 Å². The van der Waals surface area contributed by atoms with Gasteiger partial charge in [0.2, 0.25) is 11.8 Å². The summed E-state index contributed by atoms with van der Waals surface area (Å²) in [5.41, 5.74) is 2.06. The van der Waals surface area contributed by atoms with Gasteiger partial charge in [0.1, 0.15) is 0 Å². The van der Waals surface area contributed by atoms with Gasteiger partial charge in [-0.25, -0.2) is 0 Å². The molecule has 0 saturated carbocycles. The summed E-state index contributed by atoms with van der Waals surface area (Å²) in [6.45, 7) is 4.04. The molecule has 0 spiro atoms. The number of hydrogen-bond acceptors (Lipinski definition) is 3. The van der Waals surface area contributed by atoms with Crippen LogP contribution in [0.4, 0.5) is 5.69 Å². The van der Waals surface area contributed by atoms with Gasteiger partial charge in [-0.1, -0.05) is 25.1 Å². The molecule has 0 bridgehead atoms. The first-order valence-electron chi connectivity index (χ1n) is 8.52. The third kappa shape index (κ3) is 3.91. The van der Waals surface area contributed by atoms with Gasteiger partial charge in [-0.15, -0.1) is 0 Å². The van der Waals surface area contributed by atoms with Crippen molar-refractivity contribution in [1.82, 2.24) is 10.6 Å². The highest BCUT2D eigenvalue weighted by Crippen LogP contribution is 2.27. The van der Waals surface area contributed by atoms with Gasteiger partial charge in [0.05, 0.1) is 0 Å². The molecule has 3 unspecified atom stereocenters. The second-order valence-corrected chi connectivity index (χ2v) is 6.73. The van der Waals surface area contributed by atoms with E-state index in [4.69, 9.17) is 0 Å². The van der Waals surface area contributed by atoms with E-state index in [0.717, 1.165) is 37.2 Å². The molecule has 1 aromatic carbocycles. The third-order valence-corrected chi connectivity index (χ3v) is 5.01. The SMILES string of the molecule is CC1CCNCC1NC(=O)CCC1Cc2ccccc2NC1=O. The number of amides is 2. The van der Waals surface area contributed by atoms with Crippen molar-refractivity contribution in [1.29, 1.82) is 0 Å². The van der Waals surface area contributed by atoms with Crippen LogP contribution in [0.1, 0.15) is 31.7 Å². The maximum absolute atomic E-state index is 12.2. The van der Waals surface area contributed by atoms with E-state index in [9.17, 15) is 9.59 Å². The maximum Gasteiger partial charge on any atom is 0.227 e. The van der Waals surface area contributed by atoms with Gasteiger partial charge >= 0.3 is 0 Å². The van der Waals surface area contributed by atoms with Gasteiger partial charge in [-0.2, -0.15) is 0 Å². The minimum atomic E-state index is -0.113. The normalized spacial score (nSPS) is 27.0. The summed E-state index contributed by atoms with van der Waals surface area (Å²) in [6, 6.07) is 8.08. The van der Waals surface area contributed by atoms with Crippen LogP contribution in [-0.2, 0) is 16.0 Å². The third-order valence-electron chi connectivity index (χ3n) is 5.01. The van der Waals surface area contributed by atoms with E-state index in [1.807, 2.05) is 24.3 Å². The fraction of sp³-hybridized carbons (Fsp3) is 0.556. The number of anilines is 1. The Labute approximate surface area is 137 Å². The van der Waals surface area contributed by atoms with Crippen LogP contribution >= 0.6 is 0 Å². The van der Waals surface area contributed by atoms with Crippen LogP contribution in [0, 0.1) is 11.8 Å². The van der Waals surface area contributed by atoms with Crippen LogP contribution in [0.5, 0.6) is 0 Å². The molecule has 5 heteroatoms. The second-order valence-electron chi connectivity index (χ2n) is 6.73. The maximum atomic E-state index is 12.2. The standard InChI is InChI=1S/C18H25N3O2/c1-12-8-9-19-11-16(12)20-17(22)7-6-14-10-13-4-2-3-5-15(13)21-18(14)23/h2-5,12,14,16,19H,6-11H2,1H3,(H,20,22)(H,21,23). The molecule has 23 heavy (non-hydrogen) atoms. The predicted molar refractivity (Wildman–Crippen MR) is 90.1 cm³/mol. The molecule has 0 radical (unpaired) electrons. The molecule has 124 valence electrons. The number of carbonyl (C=O) groups excluding carboxylic acids is 2. The van der Waals surface area contributed by atoms with Gasteiger partial charge in [0, 0.05) is 30.6 Å². The number of piperidine rings is 1.